The summed E-state index contributed by atoms with van der Waals surface area (Å²) in [5, 5.41) is 4.15. The third-order valence-corrected chi connectivity index (χ3v) is 5.52. The van der Waals surface area contributed by atoms with E-state index in [-0.39, 0.29) is 5.54 Å². The number of nitrogens with one attached hydrogen (secondary N) is 1. The fourth-order valence-electron chi connectivity index (χ4n) is 3.25. The highest BCUT2D eigenvalue weighted by Gasteiger charge is 2.57. The number of aliphatic imine (C=N–C) groups is 1. The van der Waals surface area contributed by atoms with E-state index in [0.717, 1.165) is 29.3 Å². The van der Waals surface area contributed by atoms with Gasteiger partial charge in [-0.15, -0.1) is 0 Å². The van der Waals surface area contributed by atoms with Crippen LogP contribution in [-0.2, 0) is 5.54 Å². The van der Waals surface area contributed by atoms with Gasteiger partial charge in [0.1, 0.15) is 5.75 Å². The lowest BCUT2D eigenvalue weighted by molar-refractivity contribution is 0.417. The second kappa shape index (κ2) is 5.49. The number of hydrogen-bond acceptors (Lipinski definition) is 5. The van der Waals surface area contributed by atoms with Crippen LogP contribution in [-0.4, -0.2) is 18.0 Å². The first kappa shape index (κ1) is 14.5. The summed E-state index contributed by atoms with van der Waals surface area (Å²) < 4.78 is 5.40. The number of amidine groups is 1. The number of hydrogen-bond donors (Lipinski definition) is 2. The summed E-state index contributed by atoms with van der Waals surface area (Å²) in [6.45, 7) is 0. The van der Waals surface area contributed by atoms with Crippen molar-refractivity contribution in [3.05, 3.63) is 54.1 Å². The van der Waals surface area contributed by atoms with Gasteiger partial charge in [-0.05, 0) is 36.2 Å². The Hall–Kier alpha value is -2.14. The summed E-state index contributed by atoms with van der Waals surface area (Å²) in [5.41, 5.74) is 9.10. The van der Waals surface area contributed by atoms with Gasteiger partial charge in [0.15, 0.2) is 5.17 Å². The first-order valence-electron chi connectivity index (χ1n) is 7.70. The average Bonchev–Trinajstić information content (AvgIpc) is 3.30. The molecule has 23 heavy (non-hydrogen) atoms. The molecule has 0 bridgehead atoms. The molecule has 0 unspecified atom stereocenters. The van der Waals surface area contributed by atoms with Gasteiger partial charge in [0.25, 0.3) is 0 Å². The second-order valence-corrected chi connectivity index (χ2v) is 7.03. The fourth-order valence-corrected chi connectivity index (χ4v) is 4.25. The summed E-state index contributed by atoms with van der Waals surface area (Å²) in [4.78, 5) is 4.75. The lowest BCUT2D eigenvalue weighted by Crippen LogP contribution is -2.21. The molecule has 1 fully saturated rings. The molecule has 1 aliphatic carbocycles. The molecule has 1 aliphatic heterocycles. The van der Waals surface area contributed by atoms with Crippen LogP contribution in [0.15, 0.2) is 53.5 Å². The zero-order valence-corrected chi connectivity index (χ0v) is 13.8. The van der Waals surface area contributed by atoms with E-state index in [0.29, 0.717) is 11.1 Å². The maximum Gasteiger partial charge on any atom is 0.154 e. The Morgan fingerprint density at radius 1 is 1.26 bits per heavy atom. The minimum absolute atomic E-state index is 0.0895. The molecular formula is C18H19N3OS. The number of thioether (sulfide) groups is 1. The molecule has 1 heterocycles. The predicted molar refractivity (Wildman–Crippen MR) is 96.6 cm³/mol. The van der Waals surface area contributed by atoms with E-state index in [1.807, 2.05) is 24.3 Å². The number of benzene rings is 2. The molecule has 0 aromatic heterocycles. The molecular weight excluding hydrogens is 306 g/mol. The summed E-state index contributed by atoms with van der Waals surface area (Å²) in [7, 11) is 1.68. The Kier molecular flexibility index (Phi) is 3.45. The molecule has 3 N–H and O–H groups in total. The molecule has 2 aliphatic rings. The Labute approximate surface area is 140 Å². The highest BCUT2D eigenvalue weighted by atomic mass is 32.2. The van der Waals surface area contributed by atoms with Gasteiger partial charge in [0.05, 0.1) is 18.3 Å². The standard InChI is InChI=1S/C18H19N3OS/c1-22-16-8-3-2-7-15(16)20-14-6-4-5-12(9-14)18-10-13(18)11-23-17(19)21-18/h2-9,13,20H,10-11H2,1H3,(H2,19,21)/t13-,18+/m0/s1. The van der Waals surface area contributed by atoms with Gasteiger partial charge in [-0.2, -0.15) is 0 Å². The molecule has 4 nitrogen and oxygen atoms in total. The number of anilines is 2. The Morgan fingerprint density at radius 2 is 2.13 bits per heavy atom. The van der Waals surface area contributed by atoms with Crippen LogP contribution in [0.3, 0.4) is 0 Å². The molecule has 0 radical (unpaired) electrons. The van der Waals surface area contributed by atoms with Gasteiger partial charge >= 0.3 is 0 Å². The van der Waals surface area contributed by atoms with Crippen LogP contribution in [0.25, 0.3) is 0 Å². The highest BCUT2D eigenvalue weighted by molar-refractivity contribution is 8.13. The first-order valence-corrected chi connectivity index (χ1v) is 8.68. The van der Waals surface area contributed by atoms with Crippen molar-refractivity contribution in [1.82, 2.24) is 0 Å². The fraction of sp³-hybridized carbons (Fsp3) is 0.278. The Balaban J connectivity index is 1.64. The van der Waals surface area contributed by atoms with Crippen molar-refractivity contribution in [2.45, 2.75) is 12.0 Å². The normalized spacial score (nSPS) is 25.3. The van der Waals surface area contributed by atoms with Crippen molar-refractivity contribution in [3.8, 4) is 5.75 Å². The van der Waals surface area contributed by atoms with Crippen molar-refractivity contribution in [2.24, 2.45) is 16.6 Å². The molecule has 2 atom stereocenters. The minimum Gasteiger partial charge on any atom is -0.495 e. The zero-order valence-electron chi connectivity index (χ0n) is 13.0. The number of ether oxygens (including phenoxy) is 1. The van der Waals surface area contributed by atoms with Crippen LogP contribution >= 0.6 is 11.8 Å². The van der Waals surface area contributed by atoms with Crippen molar-refractivity contribution >= 4 is 28.3 Å². The third kappa shape index (κ3) is 2.55. The van der Waals surface area contributed by atoms with Crippen LogP contribution in [0.5, 0.6) is 5.75 Å². The van der Waals surface area contributed by atoms with Gasteiger partial charge in [-0.1, -0.05) is 36.0 Å². The van der Waals surface area contributed by atoms with Gasteiger partial charge < -0.3 is 15.8 Å². The lowest BCUT2D eigenvalue weighted by Gasteiger charge is -2.19. The van der Waals surface area contributed by atoms with E-state index in [9.17, 15) is 0 Å². The minimum atomic E-state index is -0.0895. The predicted octanol–water partition coefficient (Wildman–Crippen LogP) is 3.72. The SMILES string of the molecule is COc1ccccc1Nc1cccc([C@]23C[C@H]2CSC(N)=N3)c1. The zero-order chi connectivity index (χ0) is 15.9. The van der Waals surface area contributed by atoms with E-state index in [1.165, 1.54) is 5.56 Å². The molecule has 4 rings (SSSR count). The van der Waals surface area contributed by atoms with Crippen LogP contribution in [0.1, 0.15) is 12.0 Å². The van der Waals surface area contributed by atoms with Crippen molar-refractivity contribution < 1.29 is 4.74 Å². The van der Waals surface area contributed by atoms with Crippen LogP contribution < -0.4 is 15.8 Å². The summed E-state index contributed by atoms with van der Waals surface area (Å²) in [5.74, 6) is 2.51. The van der Waals surface area contributed by atoms with E-state index >= 15 is 0 Å². The number of fused-ring (bicyclic) bond motifs is 1. The molecule has 0 spiro atoms. The maximum absolute atomic E-state index is 5.95. The number of methoxy groups -OCH3 is 1. The number of nitrogens with two attached hydrogens (primary N) is 1. The van der Waals surface area contributed by atoms with Crippen molar-refractivity contribution in [1.29, 1.82) is 0 Å². The van der Waals surface area contributed by atoms with Crippen molar-refractivity contribution in [3.63, 3.8) is 0 Å². The maximum atomic E-state index is 5.95. The molecule has 1 saturated carbocycles. The Bertz CT molecular complexity index is 776. The molecule has 2 aromatic carbocycles. The topological polar surface area (TPSA) is 59.6 Å². The number of para-hydroxylation sites is 2. The number of rotatable bonds is 4. The van der Waals surface area contributed by atoms with Crippen molar-refractivity contribution in [2.75, 3.05) is 18.2 Å². The first-order chi connectivity index (χ1) is 11.2. The third-order valence-electron chi connectivity index (χ3n) is 4.56. The largest absolute Gasteiger partial charge is 0.495 e. The van der Waals surface area contributed by atoms with Gasteiger partial charge in [0, 0.05) is 17.4 Å². The van der Waals surface area contributed by atoms with Gasteiger partial charge in [-0.25, -0.2) is 0 Å². The highest BCUT2D eigenvalue weighted by Crippen LogP contribution is 2.59. The average molecular weight is 325 g/mol. The quantitative estimate of drug-likeness (QED) is 0.899. The smallest absolute Gasteiger partial charge is 0.154 e. The summed E-state index contributed by atoms with van der Waals surface area (Å²) in [6, 6.07) is 16.4. The summed E-state index contributed by atoms with van der Waals surface area (Å²) >= 11 is 1.67. The molecule has 2 aromatic rings. The van der Waals surface area contributed by atoms with Crippen LogP contribution in [0.4, 0.5) is 11.4 Å². The van der Waals surface area contributed by atoms with Crippen LogP contribution in [0, 0.1) is 5.92 Å². The van der Waals surface area contributed by atoms with E-state index in [4.69, 9.17) is 15.5 Å². The van der Waals surface area contributed by atoms with Gasteiger partial charge in [-0.3, -0.25) is 4.99 Å². The van der Waals surface area contributed by atoms with Crippen LogP contribution in [0.2, 0.25) is 0 Å². The van der Waals surface area contributed by atoms with E-state index in [2.05, 4.69) is 29.6 Å². The molecule has 118 valence electrons. The molecule has 5 heteroatoms. The summed E-state index contributed by atoms with van der Waals surface area (Å²) in [6.07, 6.45) is 1.10. The molecule has 0 saturated heterocycles. The second-order valence-electron chi connectivity index (χ2n) is 5.99. The number of nitrogens with zero attached hydrogens (tertiary/aromatic N) is 1. The Morgan fingerprint density at radius 3 is 3.00 bits per heavy atom. The van der Waals surface area contributed by atoms with E-state index < -0.39 is 0 Å². The molecule has 0 amide bonds. The lowest BCUT2D eigenvalue weighted by atomic mass is 10.0. The van der Waals surface area contributed by atoms with Gasteiger partial charge in [0.2, 0.25) is 0 Å². The van der Waals surface area contributed by atoms with E-state index in [1.54, 1.807) is 18.9 Å². The monoisotopic (exact) mass is 325 g/mol.